The molecule has 0 spiro atoms. The normalized spacial score (nSPS) is 12.1. The molecule has 0 radical (unpaired) electrons. The predicted octanol–water partition coefficient (Wildman–Crippen LogP) is 5.12. The van der Waals surface area contributed by atoms with E-state index in [-0.39, 0.29) is 6.17 Å². The molecule has 2 rings (SSSR count). The molecule has 122 valence electrons. The van der Waals surface area contributed by atoms with Gasteiger partial charge >= 0.3 is 0 Å². The summed E-state index contributed by atoms with van der Waals surface area (Å²) in [5.41, 5.74) is 11.0. The van der Waals surface area contributed by atoms with E-state index >= 15 is 0 Å². The lowest BCUT2D eigenvalue weighted by atomic mass is 9.97. The molecule has 1 unspecified atom stereocenters. The Labute approximate surface area is 140 Å². The molecule has 0 aliphatic carbocycles. The van der Waals surface area contributed by atoms with Crippen molar-refractivity contribution in [1.82, 2.24) is 5.32 Å². The molecule has 0 saturated heterocycles. The zero-order valence-corrected chi connectivity index (χ0v) is 14.1. The Morgan fingerprint density at radius 3 is 2.48 bits per heavy atom. The second-order valence-electron chi connectivity index (χ2n) is 5.91. The number of benzene rings is 2. The van der Waals surface area contributed by atoms with E-state index in [1.807, 2.05) is 6.08 Å². The Kier molecular flexibility index (Phi) is 7.05. The Bertz CT molecular complexity index is 601. The Morgan fingerprint density at radius 2 is 1.78 bits per heavy atom. The molecule has 0 aliphatic heterocycles. The van der Waals surface area contributed by atoms with Crippen LogP contribution in [0.1, 0.15) is 49.9 Å². The number of nitrogens with two attached hydrogens (primary N) is 1. The summed E-state index contributed by atoms with van der Waals surface area (Å²) in [5.74, 6) is 0. The first-order chi connectivity index (χ1) is 11.3. The van der Waals surface area contributed by atoms with Gasteiger partial charge in [0.1, 0.15) is 0 Å². The molecule has 0 heterocycles. The summed E-state index contributed by atoms with van der Waals surface area (Å²) in [7, 11) is 0. The first kappa shape index (κ1) is 17.5. The molecule has 0 fully saturated rings. The van der Waals surface area contributed by atoms with Gasteiger partial charge in [0.05, 0.1) is 6.17 Å². The topological polar surface area (TPSA) is 38.0 Å². The summed E-state index contributed by atoms with van der Waals surface area (Å²) in [6, 6.07) is 16.8. The second kappa shape index (κ2) is 9.29. The minimum Gasteiger partial charge on any atom is -0.312 e. The summed E-state index contributed by atoms with van der Waals surface area (Å²) in [4.78, 5) is 0. The molecular weight excluding hydrogens is 280 g/mol. The lowest BCUT2D eigenvalue weighted by Gasteiger charge is -2.18. The molecule has 3 N–H and O–H groups in total. The van der Waals surface area contributed by atoms with E-state index in [0.717, 1.165) is 17.7 Å². The quantitative estimate of drug-likeness (QED) is 0.498. The molecule has 1 atom stereocenters. The van der Waals surface area contributed by atoms with Crippen LogP contribution in [0.2, 0.25) is 0 Å². The van der Waals surface area contributed by atoms with Gasteiger partial charge in [0.15, 0.2) is 0 Å². The maximum atomic E-state index is 6.38. The molecule has 0 bridgehead atoms. The fourth-order valence-corrected chi connectivity index (χ4v) is 2.75. The van der Waals surface area contributed by atoms with Gasteiger partial charge in [-0.1, -0.05) is 87.4 Å². The predicted molar refractivity (Wildman–Crippen MR) is 101 cm³/mol. The van der Waals surface area contributed by atoms with E-state index in [4.69, 9.17) is 5.73 Å². The van der Waals surface area contributed by atoms with Crippen LogP contribution in [0.25, 0.3) is 17.2 Å². The van der Waals surface area contributed by atoms with Crippen LogP contribution in [0.5, 0.6) is 0 Å². The van der Waals surface area contributed by atoms with E-state index < -0.39 is 0 Å². The van der Waals surface area contributed by atoms with Crippen molar-refractivity contribution in [1.29, 1.82) is 0 Å². The maximum absolute atomic E-state index is 6.38. The smallest absolute Gasteiger partial charge is 0.0816 e. The van der Waals surface area contributed by atoms with Crippen molar-refractivity contribution in [2.45, 2.75) is 38.8 Å². The number of nitrogens with one attached hydrogen (secondary N) is 1. The number of hydrogen-bond donors (Lipinski definition) is 2. The monoisotopic (exact) mass is 308 g/mol. The zero-order valence-electron chi connectivity index (χ0n) is 14.1. The third-order valence-electron chi connectivity index (χ3n) is 4.15. The van der Waals surface area contributed by atoms with E-state index in [1.165, 1.54) is 36.8 Å². The van der Waals surface area contributed by atoms with Crippen LogP contribution in [-0.2, 0) is 0 Å². The molecule has 23 heavy (non-hydrogen) atoms. The second-order valence-corrected chi connectivity index (χ2v) is 5.91. The van der Waals surface area contributed by atoms with Crippen LogP contribution in [-0.4, -0.2) is 6.54 Å². The summed E-state index contributed by atoms with van der Waals surface area (Å²) in [6.45, 7) is 7.00. The third-order valence-corrected chi connectivity index (χ3v) is 4.15. The molecule has 0 aromatic heterocycles. The fraction of sp³-hybridized carbons (Fsp3) is 0.333. The van der Waals surface area contributed by atoms with Crippen molar-refractivity contribution in [2.75, 3.05) is 6.54 Å². The lowest BCUT2D eigenvalue weighted by Crippen LogP contribution is -2.29. The standard InChI is InChI=1S/C21H28N2/c1-3-5-6-9-16-23-21(22)20-11-8-7-10-19(20)18-14-12-17(4-2)13-15-18/h4,7-8,10-15,21,23H,2-3,5-6,9,16,22H2,1H3. The van der Waals surface area contributed by atoms with Crippen LogP contribution in [0, 0.1) is 0 Å². The number of unbranched alkanes of at least 4 members (excludes halogenated alkanes) is 3. The summed E-state index contributed by atoms with van der Waals surface area (Å²) in [5, 5.41) is 3.45. The Hall–Kier alpha value is -1.90. The van der Waals surface area contributed by atoms with Crippen molar-refractivity contribution in [3.05, 3.63) is 66.2 Å². The van der Waals surface area contributed by atoms with Crippen molar-refractivity contribution in [2.24, 2.45) is 5.73 Å². The third kappa shape index (κ3) is 5.05. The van der Waals surface area contributed by atoms with Gasteiger partial charge in [0.25, 0.3) is 0 Å². The highest BCUT2D eigenvalue weighted by Gasteiger charge is 2.11. The van der Waals surface area contributed by atoms with E-state index in [9.17, 15) is 0 Å². The van der Waals surface area contributed by atoms with Gasteiger partial charge in [-0.3, -0.25) is 5.32 Å². The average molecular weight is 308 g/mol. The van der Waals surface area contributed by atoms with E-state index in [2.05, 4.69) is 67.4 Å². The highest BCUT2D eigenvalue weighted by Crippen LogP contribution is 2.27. The molecule has 2 aromatic carbocycles. The van der Waals surface area contributed by atoms with Gasteiger partial charge in [-0.25, -0.2) is 0 Å². The van der Waals surface area contributed by atoms with Crippen LogP contribution in [0.4, 0.5) is 0 Å². The largest absolute Gasteiger partial charge is 0.312 e. The summed E-state index contributed by atoms with van der Waals surface area (Å²) < 4.78 is 0. The molecule has 0 saturated carbocycles. The Morgan fingerprint density at radius 1 is 1.04 bits per heavy atom. The molecule has 0 aliphatic rings. The average Bonchev–Trinajstić information content (AvgIpc) is 2.61. The summed E-state index contributed by atoms with van der Waals surface area (Å²) >= 11 is 0. The molecule has 2 heteroatoms. The van der Waals surface area contributed by atoms with Gasteiger partial charge in [-0.2, -0.15) is 0 Å². The number of hydrogen-bond acceptors (Lipinski definition) is 2. The molecule has 2 aromatic rings. The van der Waals surface area contributed by atoms with Gasteiger partial charge < -0.3 is 5.73 Å². The first-order valence-corrected chi connectivity index (χ1v) is 8.57. The molecular formula is C21H28N2. The van der Waals surface area contributed by atoms with Crippen LogP contribution in [0.15, 0.2) is 55.1 Å². The van der Waals surface area contributed by atoms with Gasteiger partial charge in [0, 0.05) is 0 Å². The first-order valence-electron chi connectivity index (χ1n) is 8.57. The van der Waals surface area contributed by atoms with E-state index in [1.54, 1.807) is 0 Å². The van der Waals surface area contributed by atoms with Gasteiger partial charge in [-0.15, -0.1) is 0 Å². The lowest BCUT2D eigenvalue weighted by molar-refractivity contribution is 0.522. The van der Waals surface area contributed by atoms with Crippen LogP contribution < -0.4 is 11.1 Å². The highest BCUT2D eigenvalue weighted by atomic mass is 15.0. The number of rotatable bonds is 9. The van der Waals surface area contributed by atoms with Crippen molar-refractivity contribution < 1.29 is 0 Å². The van der Waals surface area contributed by atoms with E-state index in [0.29, 0.717) is 0 Å². The zero-order chi connectivity index (χ0) is 16.5. The fourth-order valence-electron chi connectivity index (χ4n) is 2.75. The SMILES string of the molecule is C=Cc1ccc(-c2ccccc2C(N)NCCCCCC)cc1. The maximum Gasteiger partial charge on any atom is 0.0816 e. The molecule has 2 nitrogen and oxygen atoms in total. The minimum absolute atomic E-state index is 0.132. The summed E-state index contributed by atoms with van der Waals surface area (Å²) in [6.07, 6.45) is 6.73. The van der Waals surface area contributed by atoms with Crippen molar-refractivity contribution in [3.63, 3.8) is 0 Å². The highest BCUT2D eigenvalue weighted by molar-refractivity contribution is 5.69. The van der Waals surface area contributed by atoms with Crippen LogP contribution >= 0.6 is 0 Å². The minimum atomic E-state index is -0.132. The van der Waals surface area contributed by atoms with Crippen LogP contribution in [0.3, 0.4) is 0 Å². The Balaban J connectivity index is 2.08. The van der Waals surface area contributed by atoms with Crippen molar-refractivity contribution >= 4 is 6.08 Å². The van der Waals surface area contributed by atoms with Gasteiger partial charge in [0.2, 0.25) is 0 Å². The van der Waals surface area contributed by atoms with Gasteiger partial charge in [-0.05, 0) is 35.2 Å². The molecule has 0 amide bonds. The van der Waals surface area contributed by atoms with Crippen molar-refractivity contribution in [3.8, 4) is 11.1 Å².